The molecule has 4 rings (SSSR count). The minimum absolute atomic E-state index is 0.258. The van der Waals surface area contributed by atoms with Crippen molar-refractivity contribution in [3.05, 3.63) is 58.9 Å². The van der Waals surface area contributed by atoms with Crippen LogP contribution in [0, 0.1) is 11.7 Å². The maximum Gasteiger partial charge on any atom is 0.160 e. The van der Waals surface area contributed by atoms with E-state index in [1.165, 1.54) is 11.6 Å². The summed E-state index contributed by atoms with van der Waals surface area (Å²) in [7, 11) is 5.23. The van der Waals surface area contributed by atoms with Gasteiger partial charge in [-0.2, -0.15) is 0 Å². The van der Waals surface area contributed by atoms with E-state index >= 15 is 0 Å². The summed E-state index contributed by atoms with van der Waals surface area (Å²) in [6.45, 7) is 4.57. The number of aryl methyl sites for hydroxylation is 1. The van der Waals surface area contributed by atoms with Gasteiger partial charge in [-0.05, 0) is 85.5 Å². The number of hydrogen-bond acceptors (Lipinski definition) is 4. The summed E-state index contributed by atoms with van der Waals surface area (Å²) in [6.07, 6.45) is 5.27. The van der Waals surface area contributed by atoms with Crippen LogP contribution in [0.3, 0.4) is 0 Å². The molecular formula is C28H36FN3O2. The molecule has 5 nitrogen and oxygen atoms in total. The van der Waals surface area contributed by atoms with Crippen LogP contribution in [0.1, 0.15) is 56.2 Å². The highest BCUT2D eigenvalue weighted by Gasteiger charge is 2.47. The average molecular weight is 466 g/mol. The highest BCUT2D eigenvalue weighted by atomic mass is 19.1. The standard InChI is InChI=1S/C28H36FN3O2/c1-6-20-7-8-21(22-13-19(17-33-4)14-24(29)15-22)16-26(20)28(31-18(2)27(30-3)32-28)23-9-11-25(34-5)12-10-23/h7-8,13-16,23,25H,6,9-12,17H2,1-5H3,(H,30,32). The summed E-state index contributed by atoms with van der Waals surface area (Å²) < 4.78 is 25.3. The van der Waals surface area contributed by atoms with Crippen LogP contribution in [0.5, 0.6) is 0 Å². The topological polar surface area (TPSA) is 55.2 Å². The maximum atomic E-state index is 14.5. The van der Waals surface area contributed by atoms with Crippen LogP contribution in [-0.4, -0.2) is 38.9 Å². The molecule has 1 unspecified atom stereocenters. The monoisotopic (exact) mass is 465 g/mol. The smallest absolute Gasteiger partial charge is 0.160 e. The Balaban J connectivity index is 1.84. The number of benzene rings is 2. The SMILES string of the molecule is CCc1ccc(-c2cc(F)cc(COC)c2)cc1C1(C2CCC(OC)CC2)N=C(C)C(=NC)N1. The lowest BCUT2D eigenvalue weighted by atomic mass is 9.74. The lowest BCUT2D eigenvalue weighted by Crippen LogP contribution is -2.48. The first-order valence-corrected chi connectivity index (χ1v) is 12.2. The number of amidine groups is 1. The Kier molecular flexibility index (Phi) is 7.48. The normalized spacial score (nSPS) is 25.9. The lowest BCUT2D eigenvalue weighted by Gasteiger charge is -2.41. The third-order valence-electron chi connectivity index (χ3n) is 7.32. The number of halogens is 1. The van der Waals surface area contributed by atoms with Crippen molar-refractivity contribution < 1.29 is 13.9 Å². The highest BCUT2D eigenvalue weighted by Crippen LogP contribution is 2.45. The molecule has 1 aliphatic carbocycles. The molecule has 6 heteroatoms. The molecule has 2 aromatic carbocycles. The van der Waals surface area contributed by atoms with Crippen LogP contribution in [0.15, 0.2) is 46.4 Å². The van der Waals surface area contributed by atoms with Crippen LogP contribution in [0.4, 0.5) is 4.39 Å². The largest absolute Gasteiger partial charge is 0.381 e. The number of hydrogen-bond donors (Lipinski definition) is 1. The van der Waals surface area contributed by atoms with Gasteiger partial charge in [0.1, 0.15) is 11.7 Å². The summed E-state index contributed by atoms with van der Waals surface area (Å²) in [4.78, 5) is 9.75. The Labute approximate surface area is 202 Å². The Hall–Kier alpha value is -2.57. The first-order valence-electron chi connectivity index (χ1n) is 12.2. The molecule has 2 aromatic rings. The van der Waals surface area contributed by atoms with Crippen molar-refractivity contribution in [2.45, 2.75) is 64.3 Å². The molecule has 34 heavy (non-hydrogen) atoms. The Morgan fingerprint density at radius 2 is 1.85 bits per heavy atom. The second-order valence-corrected chi connectivity index (χ2v) is 9.38. The van der Waals surface area contributed by atoms with Gasteiger partial charge in [-0.3, -0.25) is 9.98 Å². The molecule has 182 valence electrons. The lowest BCUT2D eigenvalue weighted by molar-refractivity contribution is 0.0394. The second-order valence-electron chi connectivity index (χ2n) is 9.38. The van der Waals surface area contributed by atoms with Gasteiger partial charge in [0.2, 0.25) is 0 Å². The quantitative estimate of drug-likeness (QED) is 0.575. The van der Waals surface area contributed by atoms with Crippen molar-refractivity contribution in [3.8, 4) is 11.1 Å². The van der Waals surface area contributed by atoms with Crippen molar-refractivity contribution in [2.75, 3.05) is 21.3 Å². The van der Waals surface area contributed by atoms with E-state index in [0.717, 1.165) is 65.9 Å². The Morgan fingerprint density at radius 1 is 1.09 bits per heavy atom. The zero-order valence-corrected chi connectivity index (χ0v) is 21.0. The molecule has 1 fully saturated rings. The molecule has 0 bridgehead atoms. The number of methoxy groups -OCH3 is 2. The number of aliphatic imine (C=N–C) groups is 2. The van der Waals surface area contributed by atoms with Gasteiger partial charge < -0.3 is 14.8 Å². The Morgan fingerprint density at radius 3 is 2.47 bits per heavy atom. The van der Waals surface area contributed by atoms with Gasteiger partial charge in [0.05, 0.1) is 18.4 Å². The molecule has 1 atom stereocenters. The fraction of sp³-hybridized carbons (Fsp3) is 0.500. The zero-order chi connectivity index (χ0) is 24.3. The molecule has 0 saturated heterocycles. The van der Waals surface area contributed by atoms with E-state index in [1.807, 2.05) is 13.0 Å². The van der Waals surface area contributed by atoms with E-state index < -0.39 is 5.66 Å². The molecule has 0 aromatic heterocycles. The molecule has 1 aliphatic heterocycles. The molecule has 1 heterocycles. The summed E-state index contributed by atoms with van der Waals surface area (Å²) in [6, 6.07) is 11.6. The number of rotatable bonds is 7. The van der Waals surface area contributed by atoms with Crippen molar-refractivity contribution >= 4 is 11.5 Å². The van der Waals surface area contributed by atoms with Crippen LogP contribution in [-0.2, 0) is 28.2 Å². The molecule has 1 saturated carbocycles. The van der Waals surface area contributed by atoms with Crippen LogP contribution < -0.4 is 5.32 Å². The third kappa shape index (κ3) is 4.66. The second kappa shape index (κ2) is 10.4. The van der Waals surface area contributed by atoms with E-state index in [-0.39, 0.29) is 5.82 Å². The number of nitrogens with zero attached hydrogens (tertiary/aromatic N) is 2. The number of nitrogens with one attached hydrogen (secondary N) is 1. The van der Waals surface area contributed by atoms with E-state index in [4.69, 9.17) is 14.5 Å². The van der Waals surface area contributed by atoms with Gasteiger partial charge in [0.25, 0.3) is 0 Å². The zero-order valence-electron chi connectivity index (χ0n) is 21.0. The van der Waals surface area contributed by atoms with E-state index in [9.17, 15) is 4.39 Å². The summed E-state index contributed by atoms with van der Waals surface area (Å²) in [5.74, 6) is 0.895. The van der Waals surface area contributed by atoms with E-state index in [0.29, 0.717) is 18.6 Å². The van der Waals surface area contributed by atoms with Crippen molar-refractivity contribution in [1.29, 1.82) is 0 Å². The van der Waals surface area contributed by atoms with Gasteiger partial charge in [-0.25, -0.2) is 4.39 Å². The first kappa shape index (κ1) is 24.6. The Bertz CT molecular complexity index is 1090. The molecule has 2 aliphatic rings. The predicted octanol–water partition coefficient (Wildman–Crippen LogP) is 5.65. The fourth-order valence-electron chi connectivity index (χ4n) is 5.58. The molecule has 0 spiro atoms. The summed E-state index contributed by atoms with van der Waals surface area (Å²) in [5, 5.41) is 3.73. The fourth-order valence-corrected chi connectivity index (χ4v) is 5.58. The van der Waals surface area contributed by atoms with Crippen molar-refractivity contribution in [2.24, 2.45) is 15.9 Å². The predicted molar refractivity (Wildman–Crippen MR) is 136 cm³/mol. The molecule has 0 amide bonds. The van der Waals surface area contributed by atoms with Crippen LogP contribution in [0.2, 0.25) is 0 Å². The maximum absolute atomic E-state index is 14.5. The van der Waals surface area contributed by atoms with Crippen LogP contribution >= 0.6 is 0 Å². The van der Waals surface area contributed by atoms with E-state index in [1.54, 1.807) is 27.3 Å². The van der Waals surface area contributed by atoms with Crippen molar-refractivity contribution in [3.63, 3.8) is 0 Å². The van der Waals surface area contributed by atoms with Gasteiger partial charge in [0, 0.05) is 32.7 Å². The molecule has 0 radical (unpaired) electrons. The highest BCUT2D eigenvalue weighted by molar-refractivity contribution is 6.42. The van der Waals surface area contributed by atoms with Gasteiger partial charge in [-0.15, -0.1) is 0 Å². The van der Waals surface area contributed by atoms with Crippen LogP contribution in [0.25, 0.3) is 11.1 Å². The first-order chi connectivity index (χ1) is 16.4. The average Bonchev–Trinajstić information content (AvgIpc) is 3.20. The number of ether oxygens (including phenoxy) is 2. The molecule has 1 N–H and O–H groups in total. The summed E-state index contributed by atoms with van der Waals surface area (Å²) >= 11 is 0. The summed E-state index contributed by atoms with van der Waals surface area (Å²) in [5.41, 5.74) is 5.39. The van der Waals surface area contributed by atoms with E-state index in [2.05, 4.69) is 35.4 Å². The molecular weight excluding hydrogens is 429 g/mol. The van der Waals surface area contributed by atoms with Gasteiger partial charge in [0.15, 0.2) is 5.66 Å². The van der Waals surface area contributed by atoms with Gasteiger partial charge in [-0.1, -0.05) is 19.1 Å². The van der Waals surface area contributed by atoms with Gasteiger partial charge >= 0.3 is 0 Å². The third-order valence-corrected chi connectivity index (χ3v) is 7.32. The minimum atomic E-state index is -0.582. The van der Waals surface area contributed by atoms with Crippen molar-refractivity contribution in [1.82, 2.24) is 5.32 Å². The minimum Gasteiger partial charge on any atom is -0.381 e.